The SMILES string of the molecule is CCc1nc(N)nc(N)c1OCCCOc1ccccc1CC(=O)O. The first-order valence-electron chi connectivity index (χ1n) is 7.98. The first kappa shape index (κ1) is 18.3. The Hall–Kier alpha value is -3.03. The number of hydrogen-bond acceptors (Lipinski definition) is 7. The monoisotopic (exact) mass is 346 g/mol. The molecular formula is C17H22N4O4. The van der Waals surface area contributed by atoms with E-state index in [4.69, 9.17) is 26.0 Å². The van der Waals surface area contributed by atoms with Crippen LogP contribution in [0.15, 0.2) is 24.3 Å². The van der Waals surface area contributed by atoms with Crippen LogP contribution in [-0.4, -0.2) is 34.3 Å². The lowest BCUT2D eigenvalue weighted by Crippen LogP contribution is -2.11. The highest BCUT2D eigenvalue weighted by molar-refractivity contribution is 5.71. The maximum Gasteiger partial charge on any atom is 0.307 e. The van der Waals surface area contributed by atoms with Gasteiger partial charge in [-0.05, 0) is 12.5 Å². The molecule has 0 saturated heterocycles. The molecule has 2 aromatic rings. The van der Waals surface area contributed by atoms with Crippen molar-refractivity contribution in [2.75, 3.05) is 24.7 Å². The van der Waals surface area contributed by atoms with Crippen LogP contribution in [0, 0.1) is 0 Å². The molecule has 0 saturated carbocycles. The van der Waals surface area contributed by atoms with Crippen LogP contribution in [0.1, 0.15) is 24.6 Å². The Labute approximate surface area is 145 Å². The van der Waals surface area contributed by atoms with Crippen LogP contribution in [0.5, 0.6) is 11.5 Å². The fourth-order valence-corrected chi connectivity index (χ4v) is 2.30. The first-order chi connectivity index (χ1) is 12.0. The van der Waals surface area contributed by atoms with Crippen molar-refractivity contribution in [1.82, 2.24) is 9.97 Å². The molecule has 5 N–H and O–H groups in total. The molecule has 1 heterocycles. The minimum Gasteiger partial charge on any atom is -0.493 e. The normalized spacial score (nSPS) is 10.4. The number of nitrogen functional groups attached to an aromatic ring is 2. The van der Waals surface area contributed by atoms with E-state index in [0.29, 0.717) is 48.8 Å². The second kappa shape index (κ2) is 8.72. The summed E-state index contributed by atoms with van der Waals surface area (Å²) in [6, 6.07) is 7.07. The van der Waals surface area contributed by atoms with E-state index in [1.54, 1.807) is 24.3 Å². The first-order valence-corrected chi connectivity index (χ1v) is 7.98. The quantitative estimate of drug-likeness (QED) is 0.584. The number of carboxylic acids is 1. The minimum absolute atomic E-state index is 0.0775. The summed E-state index contributed by atoms with van der Waals surface area (Å²) < 4.78 is 11.3. The Morgan fingerprint density at radius 1 is 1.16 bits per heavy atom. The van der Waals surface area contributed by atoms with Crippen molar-refractivity contribution in [3.05, 3.63) is 35.5 Å². The predicted octanol–water partition coefficient (Wildman–Crippen LogP) is 1.68. The molecule has 2 rings (SSSR count). The van der Waals surface area contributed by atoms with E-state index in [-0.39, 0.29) is 18.2 Å². The second-order valence-corrected chi connectivity index (χ2v) is 5.33. The maximum atomic E-state index is 10.9. The van der Waals surface area contributed by atoms with E-state index >= 15 is 0 Å². The standard InChI is InChI=1S/C17H22N4O4/c1-2-12-15(16(18)21-17(19)20-12)25-9-5-8-24-13-7-4-3-6-11(13)10-14(22)23/h3-4,6-7H,2,5,8-10H2,1H3,(H,22,23)(H4,18,19,20,21). The van der Waals surface area contributed by atoms with Crippen LogP contribution in [0.25, 0.3) is 0 Å². The van der Waals surface area contributed by atoms with Crippen LogP contribution in [0.4, 0.5) is 11.8 Å². The van der Waals surface area contributed by atoms with Gasteiger partial charge in [-0.1, -0.05) is 25.1 Å². The number of carboxylic acid groups (broad SMARTS) is 1. The van der Waals surface area contributed by atoms with Crippen molar-refractivity contribution < 1.29 is 19.4 Å². The highest BCUT2D eigenvalue weighted by atomic mass is 16.5. The van der Waals surface area contributed by atoms with E-state index in [2.05, 4.69) is 9.97 Å². The molecule has 0 unspecified atom stereocenters. The highest BCUT2D eigenvalue weighted by Crippen LogP contribution is 2.25. The van der Waals surface area contributed by atoms with Crippen LogP contribution in [0.3, 0.4) is 0 Å². The average Bonchev–Trinajstić information content (AvgIpc) is 2.56. The number of aliphatic carboxylic acids is 1. The molecule has 1 aromatic carbocycles. The van der Waals surface area contributed by atoms with Gasteiger partial charge in [0.15, 0.2) is 11.6 Å². The molecule has 0 atom stereocenters. The Bertz CT molecular complexity index is 737. The van der Waals surface area contributed by atoms with Crippen molar-refractivity contribution in [3.63, 3.8) is 0 Å². The molecule has 8 nitrogen and oxygen atoms in total. The summed E-state index contributed by atoms with van der Waals surface area (Å²) in [5.74, 6) is 0.458. The molecule has 0 spiro atoms. The number of nitrogens with zero attached hydrogens (tertiary/aromatic N) is 2. The molecule has 0 bridgehead atoms. The number of benzene rings is 1. The fourth-order valence-electron chi connectivity index (χ4n) is 2.30. The molecule has 0 radical (unpaired) electrons. The summed E-state index contributed by atoms with van der Waals surface area (Å²) >= 11 is 0. The smallest absolute Gasteiger partial charge is 0.307 e. The van der Waals surface area contributed by atoms with Crippen LogP contribution in [-0.2, 0) is 17.6 Å². The van der Waals surface area contributed by atoms with Gasteiger partial charge < -0.3 is 26.0 Å². The van der Waals surface area contributed by atoms with Gasteiger partial charge in [-0.15, -0.1) is 0 Å². The zero-order valence-electron chi connectivity index (χ0n) is 14.1. The van der Waals surface area contributed by atoms with Crippen molar-refractivity contribution >= 4 is 17.7 Å². The number of anilines is 2. The number of nitrogens with two attached hydrogens (primary N) is 2. The van der Waals surface area contributed by atoms with E-state index in [1.165, 1.54) is 0 Å². The third-order valence-electron chi connectivity index (χ3n) is 3.42. The Balaban J connectivity index is 1.86. The molecule has 0 aliphatic rings. The average molecular weight is 346 g/mol. The Kier molecular flexibility index (Phi) is 6.39. The summed E-state index contributed by atoms with van der Waals surface area (Å²) in [6.07, 6.45) is 1.14. The van der Waals surface area contributed by atoms with Gasteiger partial charge in [0.1, 0.15) is 5.75 Å². The van der Waals surface area contributed by atoms with Crippen molar-refractivity contribution in [2.45, 2.75) is 26.2 Å². The van der Waals surface area contributed by atoms with Gasteiger partial charge in [0, 0.05) is 12.0 Å². The highest BCUT2D eigenvalue weighted by Gasteiger charge is 2.11. The lowest BCUT2D eigenvalue weighted by Gasteiger charge is -2.13. The van der Waals surface area contributed by atoms with Gasteiger partial charge in [0.05, 0.1) is 25.3 Å². The largest absolute Gasteiger partial charge is 0.493 e. The summed E-state index contributed by atoms with van der Waals surface area (Å²) in [7, 11) is 0. The van der Waals surface area contributed by atoms with Crippen molar-refractivity contribution in [2.24, 2.45) is 0 Å². The van der Waals surface area contributed by atoms with Crippen molar-refractivity contribution in [3.8, 4) is 11.5 Å². The zero-order valence-corrected chi connectivity index (χ0v) is 14.1. The second-order valence-electron chi connectivity index (χ2n) is 5.33. The van der Waals surface area contributed by atoms with Gasteiger partial charge in [-0.25, -0.2) is 4.98 Å². The molecule has 0 amide bonds. The number of carbonyl (C=O) groups is 1. The lowest BCUT2D eigenvalue weighted by atomic mass is 10.1. The van der Waals surface area contributed by atoms with Gasteiger partial charge >= 0.3 is 5.97 Å². The summed E-state index contributed by atoms with van der Waals surface area (Å²) in [6.45, 7) is 2.68. The van der Waals surface area contributed by atoms with Crippen LogP contribution < -0.4 is 20.9 Å². The molecule has 8 heteroatoms. The van der Waals surface area contributed by atoms with Gasteiger partial charge in [0.25, 0.3) is 0 Å². The lowest BCUT2D eigenvalue weighted by molar-refractivity contribution is -0.136. The van der Waals surface area contributed by atoms with Gasteiger partial charge in [-0.3, -0.25) is 4.79 Å². The minimum atomic E-state index is -0.898. The molecule has 0 aliphatic heterocycles. The summed E-state index contributed by atoms with van der Waals surface area (Å²) in [5.41, 5.74) is 12.7. The van der Waals surface area contributed by atoms with Crippen molar-refractivity contribution in [1.29, 1.82) is 0 Å². The van der Waals surface area contributed by atoms with E-state index in [0.717, 1.165) is 0 Å². The third kappa shape index (κ3) is 5.23. The van der Waals surface area contributed by atoms with Gasteiger partial charge in [-0.2, -0.15) is 4.98 Å². The summed E-state index contributed by atoms with van der Waals surface area (Å²) in [4.78, 5) is 18.9. The third-order valence-corrected chi connectivity index (χ3v) is 3.42. The van der Waals surface area contributed by atoms with Crippen LogP contribution >= 0.6 is 0 Å². The Morgan fingerprint density at radius 3 is 2.60 bits per heavy atom. The number of ether oxygens (including phenoxy) is 2. The predicted molar refractivity (Wildman–Crippen MR) is 93.6 cm³/mol. The number of para-hydroxylation sites is 1. The Morgan fingerprint density at radius 2 is 1.88 bits per heavy atom. The molecular weight excluding hydrogens is 324 g/mol. The topological polar surface area (TPSA) is 134 Å². The number of rotatable bonds is 9. The van der Waals surface area contributed by atoms with Gasteiger partial charge in [0.2, 0.25) is 5.95 Å². The maximum absolute atomic E-state index is 10.9. The molecule has 0 fully saturated rings. The molecule has 0 aliphatic carbocycles. The zero-order chi connectivity index (χ0) is 18.2. The fraction of sp³-hybridized carbons (Fsp3) is 0.353. The molecule has 1 aromatic heterocycles. The van der Waals surface area contributed by atoms with Crippen LogP contribution in [0.2, 0.25) is 0 Å². The number of hydrogen-bond donors (Lipinski definition) is 3. The summed E-state index contributed by atoms with van der Waals surface area (Å²) in [5, 5.41) is 8.91. The van der Waals surface area contributed by atoms with E-state index < -0.39 is 5.97 Å². The van der Waals surface area contributed by atoms with E-state index in [1.807, 2.05) is 6.92 Å². The number of aromatic nitrogens is 2. The van der Waals surface area contributed by atoms with E-state index in [9.17, 15) is 4.79 Å². The number of aryl methyl sites for hydroxylation is 1. The molecule has 134 valence electrons. The molecule has 25 heavy (non-hydrogen) atoms.